The van der Waals surface area contributed by atoms with Gasteiger partial charge in [0.1, 0.15) is 0 Å². The van der Waals surface area contributed by atoms with E-state index in [4.69, 9.17) is 14.7 Å². The lowest BCUT2D eigenvalue weighted by Crippen LogP contribution is -2.51. The Bertz CT molecular complexity index is 531. The number of nitriles is 1. The van der Waals surface area contributed by atoms with Gasteiger partial charge in [-0.05, 0) is 24.1 Å². The molecule has 5 nitrogen and oxygen atoms in total. The van der Waals surface area contributed by atoms with E-state index in [1.54, 1.807) is 0 Å². The fraction of sp³-hybridized carbons (Fsp3) is 0.611. The SMILES string of the molecule is N#Cc1cccc(CNC[C@H]([C@H]2CCOC2)N2CCOCC2)c1. The molecule has 0 radical (unpaired) electrons. The lowest BCUT2D eigenvalue weighted by atomic mass is 9.96. The average molecular weight is 315 g/mol. The van der Waals surface area contributed by atoms with Gasteiger partial charge in [-0.1, -0.05) is 12.1 Å². The number of nitrogens with one attached hydrogen (secondary N) is 1. The van der Waals surface area contributed by atoms with Crippen LogP contribution in [0.1, 0.15) is 17.5 Å². The van der Waals surface area contributed by atoms with Crippen LogP contribution in [0.5, 0.6) is 0 Å². The molecule has 2 atom stereocenters. The number of rotatable bonds is 6. The molecule has 2 heterocycles. The first-order valence-corrected chi connectivity index (χ1v) is 8.46. The van der Waals surface area contributed by atoms with Gasteiger partial charge in [0.2, 0.25) is 0 Å². The summed E-state index contributed by atoms with van der Waals surface area (Å²) in [6, 6.07) is 10.5. The van der Waals surface area contributed by atoms with Crippen molar-refractivity contribution in [1.82, 2.24) is 10.2 Å². The van der Waals surface area contributed by atoms with Crippen LogP contribution >= 0.6 is 0 Å². The maximum Gasteiger partial charge on any atom is 0.0991 e. The molecule has 1 aromatic rings. The van der Waals surface area contributed by atoms with Gasteiger partial charge < -0.3 is 14.8 Å². The van der Waals surface area contributed by atoms with Crippen molar-refractivity contribution in [3.8, 4) is 6.07 Å². The van der Waals surface area contributed by atoms with Gasteiger partial charge in [-0.25, -0.2) is 0 Å². The zero-order chi connectivity index (χ0) is 15.9. The minimum Gasteiger partial charge on any atom is -0.381 e. The monoisotopic (exact) mass is 315 g/mol. The van der Waals surface area contributed by atoms with Gasteiger partial charge in [0.25, 0.3) is 0 Å². The topological polar surface area (TPSA) is 57.5 Å². The molecule has 1 aromatic carbocycles. The minimum absolute atomic E-state index is 0.501. The maximum absolute atomic E-state index is 8.99. The Labute approximate surface area is 138 Å². The second-order valence-corrected chi connectivity index (χ2v) is 6.28. The van der Waals surface area contributed by atoms with Crippen molar-refractivity contribution in [3.63, 3.8) is 0 Å². The van der Waals surface area contributed by atoms with Crippen LogP contribution in [0.25, 0.3) is 0 Å². The highest BCUT2D eigenvalue weighted by atomic mass is 16.5. The van der Waals surface area contributed by atoms with E-state index in [0.29, 0.717) is 12.0 Å². The Morgan fingerprint density at radius 2 is 2.13 bits per heavy atom. The van der Waals surface area contributed by atoms with Crippen molar-refractivity contribution in [2.75, 3.05) is 46.1 Å². The van der Waals surface area contributed by atoms with Crippen LogP contribution in [0.3, 0.4) is 0 Å². The second-order valence-electron chi connectivity index (χ2n) is 6.28. The molecule has 0 amide bonds. The molecule has 2 saturated heterocycles. The molecule has 23 heavy (non-hydrogen) atoms. The smallest absolute Gasteiger partial charge is 0.0991 e. The summed E-state index contributed by atoms with van der Waals surface area (Å²) in [5.74, 6) is 0.603. The molecule has 0 saturated carbocycles. The third-order valence-electron chi connectivity index (χ3n) is 4.76. The first kappa shape index (κ1) is 16.4. The van der Waals surface area contributed by atoms with Crippen molar-refractivity contribution < 1.29 is 9.47 Å². The van der Waals surface area contributed by atoms with E-state index in [9.17, 15) is 0 Å². The van der Waals surface area contributed by atoms with E-state index in [-0.39, 0.29) is 0 Å². The summed E-state index contributed by atoms with van der Waals surface area (Å²) in [5.41, 5.74) is 1.88. The number of hydrogen-bond acceptors (Lipinski definition) is 5. The van der Waals surface area contributed by atoms with Crippen molar-refractivity contribution in [2.24, 2.45) is 5.92 Å². The Kier molecular flexibility index (Phi) is 6.00. The average Bonchev–Trinajstić information content (AvgIpc) is 3.14. The first-order valence-electron chi connectivity index (χ1n) is 8.46. The quantitative estimate of drug-likeness (QED) is 0.859. The molecule has 0 unspecified atom stereocenters. The molecule has 0 bridgehead atoms. The predicted octanol–water partition coefficient (Wildman–Crippen LogP) is 1.39. The van der Waals surface area contributed by atoms with Crippen LogP contribution in [-0.4, -0.2) is 57.0 Å². The van der Waals surface area contributed by atoms with E-state index in [1.165, 1.54) is 0 Å². The molecule has 0 aliphatic carbocycles. The van der Waals surface area contributed by atoms with Gasteiger partial charge in [0, 0.05) is 44.7 Å². The van der Waals surface area contributed by atoms with E-state index >= 15 is 0 Å². The van der Waals surface area contributed by atoms with E-state index in [2.05, 4.69) is 22.4 Å². The van der Waals surface area contributed by atoms with Crippen molar-refractivity contribution in [1.29, 1.82) is 5.26 Å². The van der Waals surface area contributed by atoms with Crippen LogP contribution in [0.15, 0.2) is 24.3 Å². The van der Waals surface area contributed by atoms with Crippen LogP contribution in [-0.2, 0) is 16.0 Å². The summed E-state index contributed by atoms with van der Waals surface area (Å²) in [5, 5.41) is 12.6. The molecule has 5 heteroatoms. The van der Waals surface area contributed by atoms with Crippen LogP contribution in [0.2, 0.25) is 0 Å². The third-order valence-corrected chi connectivity index (χ3v) is 4.76. The van der Waals surface area contributed by atoms with Gasteiger partial charge in [-0.15, -0.1) is 0 Å². The van der Waals surface area contributed by atoms with E-state index < -0.39 is 0 Å². The van der Waals surface area contributed by atoms with Gasteiger partial charge in [-0.2, -0.15) is 5.26 Å². The lowest BCUT2D eigenvalue weighted by molar-refractivity contribution is 0.00137. The highest BCUT2D eigenvalue weighted by molar-refractivity contribution is 5.32. The number of ether oxygens (including phenoxy) is 2. The van der Waals surface area contributed by atoms with Gasteiger partial charge in [0.15, 0.2) is 0 Å². The largest absolute Gasteiger partial charge is 0.381 e. The fourth-order valence-corrected chi connectivity index (χ4v) is 3.47. The van der Waals surface area contributed by atoms with Crippen molar-refractivity contribution in [2.45, 2.75) is 19.0 Å². The van der Waals surface area contributed by atoms with Gasteiger partial charge in [-0.3, -0.25) is 4.90 Å². The zero-order valence-corrected chi connectivity index (χ0v) is 13.5. The van der Waals surface area contributed by atoms with Crippen LogP contribution < -0.4 is 5.32 Å². The minimum atomic E-state index is 0.501. The normalized spacial score (nSPS) is 23.5. The van der Waals surface area contributed by atoms with Gasteiger partial charge >= 0.3 is 0 Å². The standard InChI is InChI=1S/C18H25N3O2/c19-11-15-2-1-3-16(10-15)12-20-13-18(17-4-7-23-14-17)21-5-8-22-9-6-21/h1-3,10,17-18,20H,4-9,12-14H2/t17-,18+/m0/s1. The lowest BCUT2D eigenvalue weighted by Gasteiger charge is -2.37. The van der Waals surface area contributed by atoms with E-state index in [1.807, 2.05) is 18.2 Å². The number of hydrogen-bond donors (Lipinski definition) is 1. The van der Waals surface area contributed by atoms with Crippen LogP contribution in [0, 0.1) is 17.2 Å². The Balaban J connectivity index is 1.56. The summed E-state index contributed by atoms with van der Waals surface area (Å²) in [6.07, 6.45) is 1.15. The van der Waals surface area contributed by atoms with Crippen molar-refractivity contribution >= 4 is 0 Å². The zero-order valence-electron chi connectivity index (χ0n) is 13.5. The maximum atomic E-state index is 8.99. The fourth-order valence-electron chi connectivity index (χ4n) is 3.47. The highest BCUT2D eigenvalue weighted by Gasteiger charge is 2.31. The molecule has 2 aliphatic rings. The van der Waals surface area contributed by atoms with Gasteiger partial charge in [0.05, 0.1) is 31.5 Å². The summed E-state index contributed by atoms with van der Waals surface area (Å²) in [7, 11) is 0. The predicted molar refractivity (Wildman–Crippen MR) is 88.0 cm³/mol. The molecule has 2 aliphatic heterocycles. The Hall–Kier alpha value is -1.45. The van der Waals surface area contributed by atoms with E-state index in [0.717, 1.165) is 70.2 Å². The summed E-state index contributed by atoms with van der Waals surface area (Å²) in [4.78, 5) is 2.54. The highest BCUT2D eigenvalue weighted by Crippen LogP contribution is 2.22. The Morgan fingerprint density at radius 3 is 2.87 bits per heavy atom. The molecule has 0 aromatic heterocycles. The summed E-state index contributed by atoms with van der Waals surface area (Å²) >= 11 is 0. The number of morpholine rings is 1. The second kappa shape index (κ2) is 8.42. The third kappa shape index (κ3) is 4.52. The summed E-state index contributed by atoms with van der Waals surface area (Å²) < 4.78 is 11.1. The summed E-state index contributed by atoms with van der Waals surface area (Å²) in [6.45, 7) is 7.17. The van der Waals surface area contributed by atoms with Crippen LogP contribution in [0.4, 0.5) is 0 Å². The molecular weight excluding hydrogens is 290 g/mol. The number of benzene rings is 1. The number of nitrogens with zero attached hydrogens (tertiary/aromatic N) is 2. The molecule has 124 valence electrons. The first-order chi connectivity index (χ1) is 11.4. The van der Waals surface area contributed by atoms with Crippen molar-refractivity contribution in [3.05, 3.63) is 35.4 Å². The Morgan fingerprint density at radius 1 is 1.26 bits per heavy atom. The molecular formula is C18H25N3O2. The molecule has 3 rings (SSSR count). The molecule has 0 spiro atoms. The molecule has 1 N–H and O–H groups in total. The molecule has 2 fully saturated rings.